The zero-order valence-corrected chi connectivity index (χ0v) is 28.1. The Morgan fingerprint density at radius 1 is 0.327 bits per heavy atom. The molecule has 7 aromatic carbocycles. The molecule has 52 heavy (non-hydrogen) atoms. The Labute approximate surface area is 300 Å². The summed E-state index contributed by atoms with van der Waals surface area (Å²) >= 11 is 0. The molecule has 244 valence electrons. The summed E-state index contributed by atoms with van der Waals surface area (Å²) in [6.45, 7) is 0. The van der Waals surface area contributed by atoms with Crippen molar-refractivity contribution in [1.29, 1.82) is 0 Å². The fraction of sp³-hybridized carbons (Fsp3) is 0. The van der Waals surface area contributed by atoms with Crippen molar-refractivity contribution in [3.8, 4) is 62.1 Å². The van der Waals surface area contributed by atoms with Gasteiger partial charge in [0, 0.05) is 33.3 Å². The first-order valence-electron chi connectivity index (χ1n) is 17.5. The van der Waals surface area contributed by atoms with Crippen LogP contribution in [0.15, 0.2) is 188 Å². The maximum absolute atomic E-state index is 5.08. The average Bonchev–Trinajstić information content (AvgIpc) is 3.74. The van der Waals surface area contributed by atoms with Crippen molar-refractivity contribution >= 4 is 27.6 Å². The van der Waals surface area contributed by atoms with Crippen LogP contribution in [0.5, 0.6) is 0 Å². The highest BCUT2D eigenvalue weighted by atomic mass is 15.1. The lowest BCUT2D eigenvalue weighted by Gasteiger charge is -2.11. The number of fused-ring (bicyclic) bond motifs is 5. The van der Waals surface area contributed by atoms with Gasteiger partial charge in [-0.3, -0.25) is 8.97 Å². The monoisotopic (exact) mass is 665 g/mol. The van der Waals surface area contributed by atoms with E-state index >= 15 is 0 Å². The second-order valence-corrected chi connectivity index (χ2v) is 12.9. The molecule has 3 heterocycles. The first-order chi connectivity index (χ1) is 25.8. The Morgan fingerprint density at radius 2 is 0.808 bits per heavy atom. The summed E-state index contributed by atoms with van der Waals surface area (Å²) in [5, 5.41) is 1.20. The topological polar surface area (TPSA) is 48.0 Å². The molecule has 0 amide bonds. The zero-order valence-electron chi connectivity index (χ0n) is 28.1. The molecule has 0 aliphatic rings. The molecule has 0 bridgehead atoms. The molecule has 0 fully saturated rings. The van der Waals surface area contributed by atoms with Crippen LogP contribution in [0.25, 0.3) is 89.7 Å². The second kappa shape index (κ2) is 12.3. The van der Waals surface area contributed by atoms with E-state index in [1.165, 1.54) is 22.0 Å². The summed E-state index contributed by atoms with van der Waals surface area (Å²) in [5.41, 5.74) is 13.1. The van der Waals surface area contributed by atoms with E-state index in [2.05, 4.69) is 161 Å². The lowest BCUT2D eigenvalue weighted by Crippen LogP contribution is -2.00. The van der Waals surface area contributed by atoms with Crippen molar-refractivity contribution in [2.24, 2.45) is 0 Å². The molecule has 0 saturated heterocycles. The molecule has 3 aromatic heterocycles. The highest BCUT2D eigenvalue weighted by Crippen LogP contribution is 2.41. The molecule has 0 aliphatic carbocycles. The third kappa shape index (κ3) is 4.98. The normalized spacial score (nSPS) is 11.5. The molecule has 5 heteroatoms. The Morgan fingerprint density at radius 3 is 1.50 bits per heavy atom. The van der Waals surface area contributed by atoms with Gasteiger partial charge in [-0.05, 0) is 53.1 Å². The lowest BCUT2D eigenvalue weighted by atomic mass is 10.0. The number of imidazole rings is 1. The Bertz CT molecular complexity index is 2870. The summed E-state index contributed by atoms with van der Waals surface area (Å²) in [6, 6.07) is 65.5. The molecular formula is C47H31N5. The van der Waals surface area contributed by atoms with Crippen LogP contribution in [0.1, 0.15) is 0 Å². The number of nitrogens with zero attached hydrogens (tertiary/aromatic N) is 5. The number of rotatable bonds is 6. The van der Waals surface area contributed by atoms with Gasteiger partial charge in [0.1, 0.15) is 5.65 Å². The van der Waals surface area contributed by atoms with Gasteiger partial charge in [0.15, 0.2) is 17.5 Å². The van der Waals surface area contributed by atoms with Gasteiger partial charge in [-0.1, -0.05) is 152 Å². The molecule has 0 atom stereocenters. The van der Waals surface area contributed by atoms with E-state index in [4.69, 9.17) is 15.0 Å². The quantitative estimate of drug-likeness (QED) is 0.178. The van der Waals surface area contributed by atoms with E-state index in [-0.39, 0.29) is 0 Å². The van der Waals surface area contributed by atoms with Crippen LogP contribution in [0.3, 0.4) is 0 Å². The lowest BCUT2D eigenvalue weighted by molar-refractivity contribution is 1.07. The summed E-state index contributed by atoms with van der Waals surface area (Å²) in [7, 11) is 0. The minimum absolute atomic E-state index is 0.630. The molecule has 0 N–H and O–H groups in total. The molecular weight excluding hydrogens is 635 g/mol. The van der Waals surface area contributed by atoms with Crippen molar-refractivity contribution in [2.45, 2.75) is 0 Å². The van der Waals surface area contributed by atoms with Gasteiger partial charge < -0.3 is 0 Å². The van der Waals surface area contributed by atoms with Crippen LogP contribution in [0.4, 0.5) is 0 Å². The number of aromatic nitrogens is 5. The van der Waals surface area contributed by atoms with Gasteiger partial charge in [0.25, 0.3) is 0 Å². The van der Waals surface area contributed by atoms with Crippen LogP contribution in [0, 0.1) is 0 Å². The second-order valence-electron chi connectivity index (χ2n) is 12.9. The Kier molecular flexibility index (Phi) is 7.07. The van der Waals surface area contributed by atoms with Crippen molar-refractivity contribution in [3.63, 3.8) is 0 Å². The first kappa shape index (κ1) is 29.8. The molecule has 0 saturated carbocycles. The van der Waals surface area contributed by atoms with Crippen molar-refractivity contribution in [2.75, 3.05) is 0 Å². The van der Waals surface area contributed by atoms with E-state index in [0.717, 1.165) is 50.2 Å². The van der Waals surface area contributed by atoms with Crippen LogP contribution >= 0.6 is 0 Å². The number of hydrogen-bond acceptors (Lipinski definition) is 3. The molecule has 10 aromatic rings. The Hall–Kier alpha value is -7.11. The summed E-state index contributed by atoms with van der Waals surface area (Å²) in [5.74, 6) is 1.91. The SMILES string of the molecule is c1ccc(-c2cccc(-c3nc(-c4ccccc4)nc(-c4ccc(-c5c6ccccc6n6c7ccccc7n(-c7ccccc7)c56)cc4)n3)c2)cc1. The number of hydrogen-bond donors (Lipinski definition) is 0. The first-order valence-corrected chi connectivity index (χ1v) is 17.5. The Balaban J connectivity index is 1.14. The van der Waals surface area contributed by atoms with E-state index in [9.17, 15) is 0 Å². The van der Waals surface area contributed by atoms with E-state index in [0.29, 0.717) is 17.5 Å². The van der Waals surface area contributed by atoms with E-state index in [1.54, 1.807) is 0 Å². The molecule has 5 nitrogen and oxygen atoms in total. The third-order valence-corrected chi connectivity index (χ3v) is 9.77. The zero-order chi connectivity index (χ0) is 34.4. The van der Waals surface area contributed by atoms with Crippen LogP contribution in [-0.2, 0) is 0 Å². The minimum atomic E-state index is 0.630. The van der Waals surface area contributed by atoms with Crippen molar-refractivity contribution in [1.82, 2.24) is 23.9 Å². The van der Waals surface area contributed by atoms with Gasteiger partial charge in [-0.15, -0.1) is 0 Å². The standard InChI is InChI=1S/C47H31N5/c1-4-15-32(16-5-1)36-19-14-20-37(31-36)46-49-44(34-17-6-2-7-18-34)48-45(50-46)35-29-27-33(28-30-35)43-39-23-10-11-24-40(39)52-42-26-13-12-25-41(42)51(47(43)52)38-21-8-3-9-22-38/h1-31H. The fourth-order valence-corrected chi connectivity index (χ4v) is 7.37. The highest BCUT2D eigenvalue weighted by molar-refractivity contribution is 6.09. The molecule has 0 aliphatic heterocycles. The van der Waals surface area contributed by atoms with Crippen LogP contribution in [0.2, 0.25) is 0 Å². The number of benzene rings is 7. The summed E-state index contributed by atoms with van der Waals surface area (Å²) < 4.78 is 4.78. The summed E-state index contributed by atoms with van der Waals surface area (Å²) in [4.78, 5) is 15.1. The minimum Gasteiger partial charge on any atom is -0.293 e. The third-order valence-electron chi connectivity index (χ3n) is 9.77. The van der Waals surface area contributed by atoms with Crippen molar-refractivity contribution < 1.29 is 0 Å². The van der Waals surface area contributed by atoms with E-state index in [1.807, 2.05) is 36.4 Å². The molecule has 0 radical (unpaired) electrons. The van der Waals surface area contributed by atoms with Crippen molar-refractivity contribution in [3.05, 3.63) is 188 Å². The number of para-hydroxylation sites is 4. The predicted octanol–water partition coefficient (Wildman–Crippen LogP) is 11.6. The smallest absolute Gasteiger partial charge is 0.164 e. The maximum atomic E-state index is 5.08. The van der Waals surface area contributed by atoms with Gasteiger partial charge >= 0.3 is 0 Å². The van der Waals surface area contributed by atoms with Gasteiger partial charge in [-0.25, -0.2) is 15.0 Å². The van der Waals surface area contributed by atoms with Gasteiger partial charge in [-0.2, -0.15) is 0 Å². The predicted molar refractivity (Wildman–Crippen MR) is 212 cm³/mol. The van der Waals surface area contributed by atoms with Gasteiger partial charge in [0.2, 0.25) is 0 Å². The molecule has 10 rings (SSSR count). The largest absolute Gasteiger partial charge is 0.293 e. The van der Waals surface area contributed by atoms with Gasteiger partial charge in [0.05, 0.1) is 16.6 Å². The molecule has 0 spiro atoms. The molecule has 0 unspecified atom stereocenters. The van der Waals surface area contributed by atoms with Crippen LogP contribution in [-0.4, -0.2) is 23.9 Å². The fourth-order valence-electron chi connectivity index (χ4n) is 7.37. The summed E-state index contributed by atoms with van der Waals surface area (Å²) in [6.07, 6.45) is 0. The average molecular weight is 666 g/mol. The highest BCUT2D eigenvalue weighted by Gasteiger charge is 2.22. The maximum Gasteiger partial charge on any atom is 0.164 e. The van der Waals surface area contributed by atoms with E-state index < -0.39 is 0 Å². The van der Waals surface area contributed by atoms with Crippen LogP contribution < -0.4 is 0 Å².